The molecule has 2 aliphatic heterocycles. The van der Waals surface area contributed by atoms with Crippen LogP contribution in [0.3, 0.4) is 0 Å². The van der Waals surface area contributed by atoms with Crippen LogP contribution in [0.15, 0.2) is 0 Å². The molecule has 0 aromatic heterocycles. The third-order valence-corrected chi connectivity index (χ3v) is 4.14. The number of hydrogen-bond acceptors (Lipinski definition) is 2. The SMILES string of the molecule is CCN(CC)C1CCN(C(=O)N2CCCC2)C1. The molecule has 98 valence electrons. The molecule has 2 saturated heterocycles. The lowest BCUT2D eigenvalue weighted by Gasteiger charge is -2.27. The summed E-state index contributed by atoms with van der Waals surface area (Å²) in [6.07, 6.45) is 3.50. The lowest BCUT2D eigenvalue weighted by molar-refractivity contribution is 0.164. The number of likely N-dealkylation sites (tertiary alicyclic amines) is 2. The van der Waals surface area contributed by atoms with E-state index in [0.717, 1.165) is 45.7 Å². The van der Waals surface area contributed by atoms with Gasteiger partial charge in [0.05, 0.1) is 0 Å². The summed E-state index contributed by atoms with van der Waals surface area (Å²) in [4.78, 5) is 18.8. The first-order valence-electron chi connectivity index (χ1n) is 7.04. The van der Waals surface area contributed by atoms with E-state index in [9.17, 15) is 4.79 Å². The van der Waals surface area contributed by atoms with E-state index < -0.39 is 0 Å². The summed E-state index contributed by atoms with van der Waals surface area (Å²) in [6.45, 7) is 10.4. The van der Waals surface area contributed by atoms with Crippen LogP contribution in [0.2, 0.25) is 0 Å². The molecule has 2 rings (SSSR count). The molecule has 2 aliphatic rings. The van der Waals surface area contributed by atoms with Crippen molar-refractivity contribution in [3.05, 3.63) is 0 Å². The number of likely N-dealkylation sites (N-methyl/N-ethyl adjacent to an activating group) is 1. The summed E-state index contributed by atoms with van der Waals surface area (Å²) in [5.41, 5.74) is 0. The number of carbonyl (C=O) groups is 1. The highest BCUT2D eigenvalue weighted by molar-refractivity contribution is 5.75. The normalized spacial score (nSPS) is 25.0. The van der Waals surface area contributed by atoms with Gasteiger partial charge in [0.25, 0.3) is 0 Å². The summed E-state index contributed by atoms with van der Waals surface area (Å²) >= 11 is 0. The van der Waals surface area contributed by atoms with Gasteiger partial charge in [-0.25, -0.2) is 4.79 Å². The van der Waals surface area contributed by atoms with Crippen LogP contribution in [0, 0.1) is 0 Å². The van der Waals surface area contributed by atoms with Crippen molar-refractivity contribution in [3.63, 3.8) is 0 Å². The summed E-state index contributed by atoms with van der Waals surface area (Å²) in [5, 5.41) is 0. The molecule has 0 spiro atoms. The number of rotatable bonds is 3. The minimum atomic E-state index is 0.275. The van der Waals surface area contributed by atoms with Crippen LogP contribution in [0.25, 0.3) is 0 Å². The molecule has 1 unspecified atom stereocenters. The van der Waals surface area contributed by atoms with E-state index in [1.165, 1.54) is 12.8 Å². The Kier molecular flexibility index (Phi) is 4.26. The Morgan fingerprint density at radius 2 is 1.76 bits per heavy atom. The highest BCUT2D eigenvalue weighted by Gasteiger charge is 2.32. The van der Waals surface area contributed by atoms with Crippen LogP contribution in [0.1, 0.15) is 33.1 Å². The zero-order valence-corrected chi connectivity index (χ0v) is 11.2. The molecule has 0 aromatic rings. The lowest BCUT2D eigenvalue weighted by atomic mass is 10.2. The Bertz CT molecular complexity index is 259. The lowest BCUT2D eigenvalue weighted by Crippen LogP contribution is -2.43. The highest BCUT2D eigenvalue weighted by atomic mass is 16.2. The molecule has 0 saturated carbocycles. The third-order valence-electron chi connectivity index (χ3n) is 4.14. The van der Waals surface area contributed by atoms with Crippen molar-refractivity contribution in [1.29, 1.82) is 0 Å². The Morgan fingerprint density at radius 3 is 2.35 bits per heavy atom. The average Bonchev–Trinajstić information content (AvgIpc) is 3.01. The number of urea groups is 1. The van der Waals surface area contributed by atoms with Gasteiger partial charge in [-0.3, -0.25) is 4.90 Å². The second-order valence-corrected chi connectivity index (χ2v) is 5.09. The fourth-order valence-corrected chi connectivity index (χ4v) is 3.06. The van der Waals surface area contributed by atoms with Crippen molar-refractivity contribution in [2.24, 2.45) is 0 Å². The van der Waals surface area contributed by atoms with Crippen LogP contribution in [-0.2, 0) is 0 Å². The molecule has 0 aliphatic carbocycles. The molecule has 0 aromatic carbocycles. The van der Waals surface area contributed by atoms with Crippen molar-refractivity contribution in [1.82, 2.24) is 14.7 Å². The first-order valence-corrected chi connectivity index (χ1v) is 7.04. The Morgan fingerprint density at radius 1 is 1.12 bits per heavy atom. The highest BCUT2D eigenvalue weighted by Crippen LogP contribution is 2.19. The van der Waals surface area contributed by atoms with Crippen LogP contribution >= 0.6 is 0 Å². The zero-order chi connectivity index (χ0) is 12.3. The van der Waals surface area contributed by atoms with Gasteiger partial charge in [-0.05, 0) is 32.4 Å². The fraction of sp³-hybridized carbons (Fsp3) is 0.923. The molecule has 2 heterocycles. The largest absolute Gasteiger partial charge is 0.325 e. The first-order chi connectivity index (χ1) is 8.26. The monoisotopic (exact) mass is 239 g/mol. The number of hydrogen-bond donors (Lipinski definition) is 0. The standard InChI is InChI=1S/C13H25N3O/c1-3-14(4-2)12-7-10-16(11-12)13(17)15-8-5-6-9-15/h12H,3-11H2,1-2H3. The van der Waals surface area contributed by atoms with Crippen molar-refractivity contribution in [2.75, 3.05) is 39.3 Å². The smallest absolute Gasteiger partial charge is 0.320 e. The summed E-state index contributed by atoms with van der Waals surface area (Å²) < 4.78 is 0. The molecule has 0 N–H and O–H groups in total. The van der Waals surface area contributed by atoms with Gasteiger partial charge in [-0.15, -0.1) is 0 Å². The number of nitrogens with zero attached hydrogens (tertiary/aromatic N) is 3. The Hall–Kier alpha value is -0.770. The van der Waals surface area contributed by atoms with E-state index >= 15 is 0 Å². The van der Waals surface area contributed by atoms with Crippen molar-refractivity contribution < 1.29 is 4.79 Å². The van der Waals surface area contributed by atoms with Gasteiger partial charge in [-0.2, -0.15) is 0 Å². The van der Waals surface area contributed by atoms with Gasteiger partial charge in [0.2, 0.25) is 0 Å². The van der Waals surface area contributed by atoms with Crippen LogP contribution in [0.4, 0.5) is 4.79 Å². The summed E-state index contributed by atoms with van der Waals surface area (Å²) in [5.74, 6) is 0. The van der Waals surface area contributed by atoms with E-state index in [4.69, 9.17) is 0 Å². The molecule has 4 nitrogen and oxygen atoms in total. The first kappa shape index (κ1) is 12.7. The van der Waals surface area contributed by atoms with Gasteiger partial charge >= 0.3 is 6.03 Å². The second-order valence-electron chi connectivity index (χ2n) is 5.09. The summed E-state index contributed by atoms with van der Waals surface area (Å²) in [7, 11) is 0. The molecule has 0 bridgehead atoms. The quantitative estimate of drug-likeness (QED) is 0.748. The predicted molar refractivity (Wildman–Crippen MR) is 69.1 cm³/mol. The minimum absolute atomic E-state index is 0.275. The van der Waals surface area contributed by atoms with E-state index in [1.807, 2.05) is 9.80 Å². The Balaban J connectivity index is 1.86. The molecule has 2 amide bonds. The van der Waals surface area contributed by atoms with Crippen molar-refractivity contribution in [3.8, 4) is 0 Å². The molecule has 2 fully saturated rings. The van der Waals surface area contributed by atoms with Crippen LogP contribution in [-0.4, -0.2) is 66.0 Å². The molecule has 0 radical (unpaired) electrons. The minimum Gasteiger partial charge on any atom is -0.325 e. The van der Waals surface area contributed by atoms with Crippen LogP contribution in [0.5, 0.6) is 0 Å². The second kappa shape index (κ2) is 5.71. The van der Waals surface area contributed by atoms with E-state index in [-0.39, 0.29) is 6.03 Å². The van der Waals surface area contributed by atoms with Gasteiger partial charge in [0.15, 0.2) is 0 Å². The molecular formula is C13H25N3O. The van der Waals surface area contributed by atoms with Crippen molar-refractivity contribution >= 4 is 6.03 Å². The molecule has 17 heavy (non-hydrogen) atoms. The zero-order valence-electron chi connectivity index (χ0n) is 11.2. The average molecular weight is 239 g/mol. The Labute approximate surface area is 105 Å². The van der Waals surface area contributed by atoms with Gasteiger partial charge < -0.3 is 9.80 Å². The number of amides is 2. The van der Waals surface area contributed by atoms with E-state index in [2.05, 4.69) is 18.7 Å². The van der Waals surface area contributed by atoms with Crippen molar-refractivity contribution in [2.45, 2.75) is 39.2 Å². The maximum atomic E-state index is 12.2. The molecular weight excluding hydrogens is 214 g/mol. The topological polar surface area (TPSA) is 26.8 Å². The van der Waals surface area contributed by atoms with Gasteiger partial charge in [0.1, 0.15) is 0 Å². The predicted octanol–water partition coefficient (Wildman–Crippen LogP) is 1.62. The van der Waals surface area contributed by atoms with E-state index in [1.54, 1.807) is 0 Å². The third kappa shape index (κ3) is 2.73. The van der Waals surface area contributed by atoms with Gasteiger partial charge in [-0.1, -0.05) is 13.8 Å². The maximum absolute atomic E-state index is 12.2. The number of carbonyl (C=O) groups excluding carboxylic acids is 1. The fourth-order valence-electron chi connectivity index (χ4n) is 3.06. The van der Waals surface area contributed by atoms with Gasteiger partial charge in [0, 0.05) is 32.2 Å². The van der Waals surface area contributed by atoms with Crippen LogP contribution < -0.4 is 0 Å². The van der Waals surface area contributed by atoms with E-state index in [0.29, 0.717) is 6.04 Å². The molecule has 4 heteroatoms. The summed E-state index contributed by atoms with van der Waals surface area (Å²) in [6, 6.07) is 0.855. The maximum Gasteiger partial charge on any atom is 0.320 e. The molecule has 1 atom stereocenters.